The lowest BCUT2D eigenvalue weighted by Gasteiger charge is -2.18. The molecule has 386 valence electrons. The summed E-state index contributed by atoms with van der Waals surface area (Å²) in [6.45, 7) is 6.42. The van der Waals surface area contributed by atoms with E-state index in [4.69, 9.17) is 14.2 Å². The fourth-order valence-corrected chi connectivity index (χ4v) is 7.43. The topological polar surface area (TPSA) is 78.9 Å². The van der Waals surface area contributed by atoms with Gasteiger partial charge in [-0.15, -0.1) is 0 Å². The molecule has 68 heavy (non-hydrogen) atoms. The summed E-state index contributed by atoms with van der Waals surface area (Å²) in [7, 11) is 0. The molecule has 0 aliphatic rings. The van der Waals surface area contributed by atoms with Crippen LogP contribution in [0, 0.1) is 0 Å². The Morgan fingerprint density at radius 3 is 1.09 bits per heavy atom. The van der Waals surface area contributed by atoms with Crippen molar-refractivity contribution in [1.82, 2.24) is 0 Å². The van der Waals surface area contributed by atoms with E-state index in [0.717, 1.165) is 103 Å². The lowest BCUT2D eigenvalue weighted by Crippen LogP contribution is -2.30. The van der Waals surface area contributed by atoms with E-state index in [1.165, 1.54) is 96.3 Å². The van der Waals surface area contributed by atoms with Crippen LogP contribution < -0.4 is 0 Å². The minimum absolute atomic E-state index is 0.108. The number of rotatable bonds is 49. The molecule has 0 bridgehead atoms. The zero-order valence-electron chi connectivity index (χ0n) is 44.1. The Morgan fingerprint density at radius 1 is 0.324 bits per heavy atom. The molecule has 0 aromatic heterocycles. The molecular formula is C62H102O6. The molecule has 1 unspecified atom stereocenters. The van der Waals surface area contributed by atoms with Gasteiger partial charge in [-0.2, -0.15) is 0 Å². The molecule has 6 nitrogen and oxygen atoms in total. The second kappa shape index (κ2) is 55.7. The van der Waals surface area contributed by atoms with Gasteiger partial charge in [-0.05, 0) is 83.5 Å². The molecule has 0 rings (SSSR count). The summed E-state index contributed by atoms with van der Waals surface area (Å²) < 4.78 is 16.8. The average molecular weight is 943 g/mol. The SMILES string of the molecule is CC/C=C\C/C=C\C/C=C\C/C=C\C/C=C\CCCC(=O)OC(COC(=O)CCCCCCC\C=C/C=C\C=C/C=C\CCCCC)COC(=O)CCCCCCCCCCCCCCCCC. The van der Waals surface area contributed by atoms with Crippen LogP contribution in [0.3, 0.4) is 0 Å². The molecule has 0 aliphatic carbocycles. The van der Waals surface area contributed by atoms with Crippen molar-refractivity contribution in [3.63, 3.8) is 0 Å². The summed E-state index contributed by atoms with van der Waals surface area (Å²) in [6.07, 6.45) is 75.0. The minimum Gasteiger partial charge on any atom is -0.462 e. The van der Waals surface area contributed by atoms with Gasteiger partial charge in [0, 0.05) is 19.3 Å². The lowest BCUT2D eigenvalue weighted by molar-refractivity contribution is -0.167. The second-order valence-electron chi connectivity index (χ2n) is 18.2. The van der Waals surface area contributed by atoms with E-state index in [0.29, 0.717) is 19.3 Å². The monoisotopic (exact) mass is 943 g/mol. The van der Waals surface area contributed by atoms with Crippen molar-refractivity contribution in [2.45, 2.75) is 252 Å². The maximum Gasteiger partial charge on any atom is 0.306 e. The predicted molar refractivity (Wildman–Crippen MR) is 293 cm³/mol. The van der Waals surface area contributed by atoms with Crippen molar-refractivity contribution in [2.75, 3.05) is 13.2 Å². The highest BCUT2D eigenvalue weighted by molar-refractivity contribution is 5.71. The van der Waals surface area contributed by atoms with E-state index in [2.05, 4.69) is 130 Å². The summed E-state index contributed by atoms with van der Waals surface area (Å²) in [5, 5.41) is 0. The van der Waals surface area contributed by atoms with Gasteiger partial charge >= 0.3 is 17.9 Å². The first-order valence-electron chi connectivity index (χ1n) is 27.9. The number of esters is 3. The van der Waals surface area contributed by atoms with Gasteiger partial charge in [-0.3, -0.25) is 14.4 Å². The number of carbonyl (C=O) groups is 3. The second-order valence-corrected chi connectivity index (χ2v) is 18.2. The summed E-state index contributed by atoms with van der Waals surface area (Å²) >= 11 is 0. The van der Waals surface area contributed by atoms with Crippen LogP contribution in [-0.2, 0) is 28.6 Å². The Balaban J connectivity index is 4.53. The summed E-state index contributed by atoms with van der Waals surface area (Å²) in [6, 6.07) is 0. The molecule has 0 saturated carbocycles. The van der Waals surface area contributed by atoms with E-state index >= 15 is 0 Å². The number of hydrogen-bond donors (Lipinski definition) is 0. The van der Waals surface area contributed by atoms with Gasteiger partial charge in [0.15, 0.2) is 6.10 Å². The van der Waals surface area contributed by atoms with E-state index in [1.54, 1.807) is 0 Å². The van der Waals surface area contributed by atoms with Gasteiger partial charge in [0.1, 0.15) is 13.2 Å². The molecule has 6 heteroatoms. The number of unbranched alkanes of at least 4 members (excludes halogenated alkanes) is 23. The fourth-order valence-electron chi connectivity index (χ4n) is 7.43. The van der Waals surface area contributed by atoms with Gasteiger partial charge < -0.3 is 14.2 Å². The summed E-state index contributed by atoms with van der Waals surface area (Å²) in [5.74, 6) is -0.990. The van der Waals surface area contributed by atoms with Crippen LogP contribution in [0.4, 0.5) is 0 Å². The van der Waals surface area contributed by atoms with Gasteiger partial charge in [0.05, 0.1) is 0 Å². The van der Waals surface area contributed by atoms with Crippen LogP contribution in [0.2, 0.25) is 0 Å². The molecule has 1 atom stereocenters. The molecule has 0 N–H and O–H groups in total. The van der Waals surface area contributed by atoms with Crippen molar-refractivity contribution < 1.29 is 28.6 Å². The molecule has 0 radical (unpaired) electrons. The van der Waals surface area contributed by atoms with Gasteiger partial charge in [0.25, 0.3) is 0 Å². The zero-order chi connectivity index (χ0) is 49.3. The highest BCUT2D eigenvalue weighted by Crippen LogP contribution is 2.15. The van der Waals surface area contributed by atoms with Crippen LogP contribution in [-0.4, -0.2) is 37.2 Å². The number of hydrogen-bond acceptors (Lipinski definition) is 6. The molecule has 0 aliphatic heterocycles. The largest absolute Gasteiger partial charge is 0.462 e. The summed E-state index contributed by atoms with van der Waals surface area (Å²) in [5.41, 5.74) is 0. The maximum atomic E-state index is 12.8. The van der Waals surface area contributed by atoms with Crippen molar-refractivity contribution >= 4 is 17.9 Å². The van der Waals surface area contributed by atoms with Crippen molar-refractivity contribution in [2.24, 2.45) is 0 Å². The van der Waals surface area contributed by atoms with E-state index in [1.807, 2.05) is 0 Å². The Bertz CT molecular complexity index is 1410. The average Bonchev–Trinajstić information content (AvgIpc) is 3.34. The smallest absolute Gasteiger partial charge is 0.306 e. The highest BCUT2D eigenvalue weighted by Gasteiger charge is 2.19. The van der Waals surface area contributed by atoms with E-state index in [-0.39, 0.29) is 37.5 Å². The number of carbonyl (C=O) groups excluding carboxylic acids is 3. The van der Waals surface area contributed by atoms with Gasteiger partial charge in [-0.1, -0.05) is 252 Å². The molecule has 0 heterocycles. The highest BCUT2D eigenvalue weighted by atomic mass is 16.6. The Kier molecular flexibility index (Phi) is 52.4. The number of ether oxygens (including phenoxy) is 3. The van der Waals surface area contributed by atoms with Gasteiger partial charge in [0.2, 0.25) is 0 Å². The Hall–Kier alpha value is -3.93. The van der Waals surface area contributed by atoms with Crippen LogP contribution in [0.15, 0.2) is 109 Å². The van der Waals surface area contributed by atoms with Crippen LogP contribution in [0.5, 0.6) is 0 Å². The van der Waals surface area contributed by atoms with Crippen molar-refractivity contribution in [3.05, 3.63) is 109 Å². The van der Waals surface area contributed by atoms with Crippen LogP contribution >= 0.6 is 0 Å². The van der Waals surface area contributed by atoms with E-state index in [9.17, 15) is 14.4 Å². The molecule has 0 aromatic carbocycles. The third-order valence-corrected chi connectivity index (χ3v) is 11.6. The standard InChI is InChI=1S/C62H102O6/c1-4-7-10-13-16-19-22-25-28-30-32-34-37-40-43-46-49-52-55-61(64)67-58-59(57-66-60(63)54-51-48-45-42-39-36-33-27-24-21-18-15-12-9-6-3)68-62(65)56-53-50-47-44-41-38-35-31-29-26-23-20-17-14-11-8-5-2/h8,11,16-17,19-20,22,25-26,28-30,32,34-35,38,44,47,59H,4-7,9-10,12-15,18,21,23-24,27,31,33,36-37,39-43,45-46,48-58H2,1-3H3/b11-8-,19-16-,20-17-,25-22-,29-26-,30-28-,34-32-,38-35-,47-44-. The zero-order valence-corrected chi connectivity index (χ0v) is 44.1. The minimum atomic E-state index is -0.818. The molecule has 0 saturated heterocycles. The first kappa shape index (κ1) is 64.1. The number of allylic oxidation sites excluding steroid dienone is 18. The fraction of sp³-hybridized carbons (Fsp3) is 0.661. The third kappa shape index (κ3) is 53.0. The summed E-state index contributed by atoms with van der Waals surface area (Å²) in [4.78, 5) is 38.1. The van der Waals surface area contributed by atoms with Crippen molar-refractivity contribution in [1.29, 1.82) is 0 Å². The quantitative estimate of drug-likeness (QED) is 0.0199. The lowest BCUT2D eigenvalue weighted by atomic mass is 10.0. The Morgan fingerprint density at radius 2 is 0.647 bits per heavy atom. The first-order valence-corrected chi connectivity index (χ1v) is 27.9. The molecule has 0 fully saturated rings. The first-order chi connectivity index (χ1) is 33.5. The van der Waals surface area contributed by atoms with E-state index < -0.39 is 6.10 Å². The molecule has 0 amide bonds. The van der Waals surface area contributed by atoms with Crippen LogP contribution in [0.1, 0.15) is 245 Å². The molecule has 0 spiro atoms. The normalized spacial score (nSPS) is 12.9. The van der Waals surface area contributed by atoms with Crippen molar-refractivity contribution in [3.8, 4) is 0 Å². The molecular weight excluding hydrogens is 841 g/mol. The third-order valence-electron chi connectivity index (χ3n) is 11.6. The van der Waals surface area contributed by atoms with Crippen LogP contribution in [0.25, 0.3) is 0 Å². The van der Waals surface area contributed by atoms with Gasteiger partial charge in [-0.25, -0.2) is 0 Å². The molecule has 0 aromatic rings. The Labute approximate surface area is 419 Å². The maximum absolute atomic E-state index is 12.8. The predicted octanol–water partition coefficient (Wildman–Crippen LogP) is 18.7.